The lowest BCUT2D eigenvalue weighted by atomic mass is 10.1. The fourth-order valence-corrected chi connectivity index (χ4v) is 3.85. The first-order valence-electron chi connectivity index (χ1n) is 10.1. The zero-order valence-electron chi connectivity index (χ0n) is 17.4. The standard InChI is InChI=1S/C21H24N6O4/c1-25-18-17(20(30)26(2)21(25)31)23-15(24-18)8-9-22-19(29)14-10-16(28)27(12-14)11-13-6-4-3-5-7-13/h3-7,14H,8-12H2,1-2H3,(H,22,29)(H,23,24). The summed E-state index contributed by atoms with van der Waals surface area (Å²) in [4.78, 5) is 58.0. The number of imidazole rings is 1. The summed E-state index contributed by atoms with van der Waals surface area (Å²) in [6, 6.07) is 9.68. The Hall–Kier alpha value is -3.69. The van der Waals surface area contributed by atoms with E-state index in [1.54, 1.807) is 11.9 Å². The second kappa shape index (κ2) is 8.21. The molecule has 0 radical (unpaired) electrons. The maximum absolute atomic E-state index is 12.5. The van der Waals surface area contributed by atoms with E-state index >= 15 is 0 Å². The van der Waals surface area contributed by atoms with E-state index in [0.717, 1.165) is 10.1 Å². The Morgan fingerprint density at radius 2 is 1.90 bits per heavy atom. The lowest BCUT2D eigenvalue weighted by molar-refractivity contribution is -0.129. The molecule has 1 fully saturated rings. The highest BCUT2D eigenvalue weighted by Gasteiger charge is 2.34. The van der Waals surface area contributed by atoms with Crippen LogP contribution in [0.4, 0.5) is 0 Å². The largest absolute Gasteiger partial charge is 0.355 e. The van der Waals surface area contributed by atoms with Crippen LogP contribution in [-0.2, 0) is 36.6 Å². The van der Waals surface area contributed by atoms with Crippen LogP contribution < -0.4 is 16.6 Å². The molecule has 162 valence electrons. The number of carbonyl (C=O) groups is 2. The molecule has 1 saturated heterocycles. The van der Waals surface area contributed by atoms with E-state index in [2.05, 4.69) is 15.3 Å². The molecule has 1 atom stereocenters. The maximum Gasteiger partial charge on any atom is 0.332 e. The molecule has 0 spiro atoms. The van der Waals surface area contributed by atoms with Gasteiger partial charge in [-0.1, -0.05) is 30.3 Å². The predicted molar refractivity (Wildman–Crippen MR) is 113 cm³/mol. The molecule has 0 bridgehead atoms. The van der Waals surface area contributed by atoms with Gasteiger partial charge in [0, 0.05) is 46.6 Å². The number of hydrogen-bond donors (Lipinski definition) is 2. The molecule has 3 heterocycles. The third-order valence-corrected chi connectivity index (χ3v) is 5.61. The van der Waals surface area contributed by atoms with Crippen LogP contribution in [0.15, 0.2) is 39.9 Å². The number of amides is 2. The van der Waals surface area contributed by atoms with Gasteiger partial charge in [0.1, 0.15) is 11.3 Å². The lowest BCUT2D eigenvalue weighted by Crippen LogP contribution is -2.36. The second-order valence-corrected chi connectivity index (χ2v) is 7.79. The molecular weight excluding hydrogens is 400 g/mol. The fraction of sp³-hybridized carbons (Fsp3) is 0.381. The summed E-state index contributed by atoms with van der Waals surface area (Å²) in [5.74, 6) is -0.0943. The number of aryl methyl sites for hydroxylation is 1. The number of rotatable bonds is 6. The number of likely N-dealkylation sites (tertiary alicyclic amines) is 1. The van der Waals surface area contributed by atoms with Crippen molar-refractivity contribution < 1.29 is 9.59 Å². The number of fused-ring (bicyclic) bond motifs is 1. The van der Waals surface area contributed by atoms with Crippen LogP contribution in [-0.4, -0.2) is 48.9 Å². The Morgan fingerprint density at radius 1 is 1.16 bits per heavy atom. The van der Waals surface area contributed by atoms with Crippen molar-refractivity contribution in [3.05, 3.63) is 62.6 Å². The first kappa shape index (κ1) is 20.6. The van der Waals surface area contributed by atoms with Crippen LogP contribution in [0.25, 0.3) is 11.2 Å². The van der Waals surface area contributed by atoms with E-state index < -0.39 is 11.2 Å². The molecule has 10 heteroatoms. The van der Waals surface area contributed by atoms with Crippen LogP contribution in [0, 0.1) is 5.92 Å². The van der Waals surface area contributed by atoms with Gasteiger partial charge in [-0.3, -0.25) is 23.5 Å². The molecule has 4 rings (SSSR count). The van der Waals surface area contributed by atoms with Gasteiger partial charge < -0.3 is 15.2 Å². The molecule has 2 aromatic heterocycles. The summed E-state index contributed by atoms with van der Waals surface area (Å²) >= 11 is 0. The minimum Gasteiger partial charge on any atom is -0.355 e. The van der Waals surface area contributed by atoms with Crippen LogP contribution >= 0.6 is 0 Å². The number of aromatic amines is 1. The van der Waals surface area contributed by atoms with Gasteiger partial charge in [-0.15, -0.1) is 0 Å². The van der Waals surface area contributed by atoms with E-state index in [-0.39, 0.29) is 35.3 Å². The number of H-pyrrole nitrogens is 1. The molecule has 0 saturated carbocycles. The number of aromatic nitrogens is 4. The molecule has 1 aromatic carbocycles. The summed E-state index contributed by atoms with van der Waals surface area (Å²) in [6.07, 6.45) is 0.563. The van der Waals surface area contributed by atoms with Crippen LogP contribution in [0.2, 0.25) is 0 Å². The van der Waals surface area contributed by atoms with Crippen molar-refractivity contribution in [3.8, 4) is 0 Å². The highest BCUT2D eigenvalue weighted by atomic mass is 16.2. The van der Waals surface area contributed by atoms with Crippen LogP contribution in [0.3, 0.4) is 0 Å². The van der Waals surface area contributed by atoms with Crippen LogP contribution in [0.5, 0.6) is 0 Å². The highest BCUT2D eigenvalue weighted by Crippen LogP contribution is 2.20. The van der Waals surface area contributed by atoms with Crippen molar-refractivity contribution >= 4 is 23.0 Å². The normalized spacial score (nSPS) is 16.3. The zero-order valence-corrected chi connectivity index (χ0v) is 17.4. The summed E-state index contributed by atoms with van der Waals surface area (Å²) in [5, 5.41) is 2.84. The minimum atomic E-state index is -0.449. The Kier molecular flexibility index (Phi) is 5.45. The number of carbonyl (C=O) groups excluding carboxylic acids is 2. The van der Waals surface area contributed by atoms with Crippen molar-refractivity contribution in [3.63, 3.8) is 0 Å². The summed E-state index contributed by atoms with van der Waals surface area (Å²) in [7, 11) is 2.96. The van der Waals surface area contributed by atoms with Gasteiger partial charge in [-0.25, -0.2) is 9.78 Å². The smallest absolute Gasteiger partial charge is 0.332 e. The van der Waals surface area contributed by atoms with Gasteiger partial charge in [0.25, 0.3) is 5.56 Å². The Morgan fingerprint density at radius 3 is 2.65 bits per heavy atom. The third-order valence-electron chi connectivity index (χ3n) is 5.61. The number of benzene rings is 1. The van der Waals surface area contributed by atoms with Crippen LogP contribution in [0.1, 0.15) is 17.8 Å². The molecule has 1 aliphatic rings. The first-order chi connectivity index (χ1) is 14.8. The summed E-state index contributed by atoms with van der Waals surface area (Å²) in [5.41, 5.74) is 0.678. The predicted octanol–water partition coefficient (Wildman–Crippen LogP) is -0.332. The topological polar surface area (TPSA) is 122 Å². The summed E-state index contributed by atoms with van der Waals surface area (Å²) < 4.78 is 2.32. The van der Waals surface area contributed by atoms with Gasteiger partial charge in [-0.2, -0.15) is 0 Å². The Bertz CT molecular complexity index is 1260. The van der Waals surface area contributed by atoms with Gasteiger partial charge in [0.05, 0.1) is 5.92 Å². The quantitative estimate of drug-likeness (QED) is 0.561. The number of nitrogens with one attached hydrogen (secondary N) is 2. The Balaban J connectivity index is 1.35. The second-order valence-electron chi connectivity index (χ2n) is 7.79. The molecule has 31 heavy (non-hydrogen) atoms. The van der Waals surface area contributed by atoms with Gasteiger partial charge in [0.2, 0.25) is 11.8 Å². The van der Waals surface area contributed by atoms with E-state index in [1.807, 2.05) is 30.3 Å². The molecule has 3 aromatic rings. The third kappa shape index (κ3) is 4.00. The molecule has 1 aliphatic heterocycles. The molecule has 1 unspecified atom stereocenters. The molecule has 10 nitrogen and oxygen atoms in total. The molecule has 2 N–H and O–H groups in total. The van der Waals surface area contributed by atoms with E-state index in [0.29, 0.717) is 31.9 Å². The zero-order chi connectivity index (χ0) is 22.1. The van der Waals surface area contributed by atoms with E-state index in [9.17, 15) is 19.2 Å². The number of hydrogen-bond acceptors (Lipinski definition) is 5. The molecule has 2 amide bonds. The van der Waals surface area contributed by atoms with Gasteiger partial charge >= 0.3 is 5.69 Å². The average Bonchev–Trinajstić information content (AvgIpc) is 3.35. The maximum atomic E-state index is 12.5. The van der Waals surface area contributed by atoms with Crippen molar-refractivity contribution in [2.24, 2.45) is 20.0 Å². The fourth-order valence-electron chi connectivity index (χ4n) is 3.85. The van der Waals surface area contributed by atoms with Crippen molar-refractivity contribution in [1.29, 1.82) is 0 Å². The van der Waals surface area contributed by atoms with Gasteiger partial charge in [-0.05, 0) is 5.56 Å². The SMILES string of the molecule is Cn1c(=O)c2[nH]c(CCNC(=O)C3CC(=O)N(Cc4ccccc4)C3)nc2n(C)c1=O. The molecule has 0 aliphatic carbocycles. The van der Waals surface area contributed by atoms with Crippen molar-refractivity contribution in [2.75, 3.05) is 13.1 Å². The molecular formula is C21H24N6O4. The van der Waals surface area contributed by atoms with Crippen molar-refractivity contribution in [1.82, 2.24) is 29.3 Å². The number of nitrogens with zero attached hydrogens (tertiary/aromatic N) is 4. The minimum absolute atomic E-state index is 0.0296. The first-order valence-corrected chi connectivity index (χ1v) is 10.1. The Labute approximate surface area is 177 Å². The van der Waals surface area contributed by atoms with Crippen molar-refractivity contribution in [2.45, 2.75) is 19.4 Å². The highest BCUT2D eigenvalue weighted by molar-refractivity contribution is 5.89. The van der Waals surface area contributed by atoms with E-state index in [1.165, 1.54) is 11.6 Å². The monoisotopic (exact) mass is 424 g/mol. The van der Waals surface area contributed by atoms with Gasteiger partial charge in [0.15, 0.2) is 5.65 Å². The average molecular weight is 424 g/mol. The van der Waals surface area contributed by atoms with E-state index in [4.69, 9.17) is 0 Å². The lowest BCUT2D eigenvalue weighted by Gasteiger charge is -2.16. The summed E-state index contributed by atoms with van der Waals surface area (Å²) in [6.45, 7) is 1.19.